The van der Waals surface area contributed by atoms with Gasteiger partial charge in [-0.1, -0.05) is 12.1 Å². The summed E-state index contributed by atoms with van der Waals surface area (Å²) in [5.74, 6) is 0.924. The Balaban J connectivity index is 1.39. The lowest BCUT2D eigenvalue weighted by molar-refractivity contribution is 0.321. The van der Waals surface area contributed by atoms with E-state index in [2.05, 4.69) is 34.6 Å². The third-order valence-corrected chi connectivity index (χ3v) is 4.47. The Kier molecular flexibility index (Phi) is 4.83. The van der Waals surface area contributed by atoms with E-state index in [0.717, 1.165) is 41.2 Å². The summed E-state index contributed by atoms with van der Waals surface area (Å²) >= 11 is 1.70. The first-order valence-corrected chi connectivity index (χ1v) is 8.35. The van der Waals surface area contributed by atoms with Gasteiger partial charge in [0.2, 0.25) is 0 Å². The average molecular weight is 303 g/mol. The van der Waals surface area contributed by atoms with Crippen LogP contribution in [0, 0.1) is 6.92 Å². The fourth-order valence-electron chi connectivity index (χ4n) is 2.12. The van der Waals surface area contributed by atoms with E-state index in [1.165, 1.54) is 18.4 Å². The van der Waals surface area contributed by atoms with Gasteiger partial charge in [-0.2, -0.15) is 0 Å². The molecule has 2 aromatic rings. The second kappa shape index (κ2) is 7.00. The van der Waals surface area contributed by atoms with Crippen molar-refractivity contribution < 1.29 is 4.74 Å². The molecule has 21 heavy (non-hydrogen) atoms. The number of rotatable bonds is 8. The fraction of sp³-hybridized carbons (Fsp3) is 0.500. The number of aryl methyl sites for hydroxylation is 1. The summed E-state index contributed by atoms with van der Waals surface area (Å²) < 4.78 is 5.75. The van der Waals surface area contributed by atoms with Crippen LogP contribution in [0.3, 0.4) is 0 Å². The van der Waals surface area contributed by atoms with Gasteiger partial charge >= 0.3 is 0 Å². The van der Waals surface area contributed by atoms with E-state index in [0.29, 0.717) is 6.61 Å². The third-order valence-electron chi connectivity index (χ3n) is 3.43. The number of ether oxygens (including phenoxy) is 1. The Morgan fingerprint density at radius 2 is 2.05 bits per heavy atom. The summed E-state index contributed by atoms with van der Waals surface area (Å²) in [5, 5.41) is 14.2. The first-order chi connectivity index (χ1) is 10.3. The van der Waals surface area contributed by atoms with Gasteiger partial charge in [0.05, 0.1) is 6.61 Å². The maximum absolute atomic E-state index is 5.75. The van der Waals surface area contributed by atoms with Gasteiger partial charge in [-0.15, -0.1) is 21.5 Å². The van der Waals surface area contributed by atoms with Crippen LogP contribution < -0.4 is 10.1 Å². The van der Waals surface area contributed by atoms with E-state index in [-0.39, 0.29) is 0 Å². The molecule has 0 spiro atoms. The van der Waals surface area contributed by atoms with E-state index in [4.69, 9.17) is 4.74 Å². The zero-order valence-corrected chi connectivity index (χ0v) is 13.2. The van der Waals surface area contributed by atoms with Gasteiger partial charge in [0.15, 0.2) is 0 Å². The SMILES string of the molecule is Cc1cccc(OCCc2nnc(CCNC3CC3)s2)c1. The highest BCUT2D eigenvalue weighted by Gasteiger charge is 2.19. The molecule has 0 amide bonds. The molecular weight excluding hydrogens is 282 g/mol. The Hall–Kier alpha value is -1.46. The molecule has 1 saturated carbocycles. The van der Waals surface area contributed by atoms with Crippen LogP contribution in [0.4, 0.5) is 0 Å². The van der Waals surface area contributed by atoms with Crippen molar-refractivity contribution in [3.63, 3.8) is 0 Å². The third kappa shape index (κ3) is 4.79. The van der Waals surface area contributed by atoms with E-state index in [1.807, 2.05) is 12.1 Å². The summed E-state index contributed by atoms with van der Waals surface area (Å²) in [7, 11) is 0. The molecule has 4 nitrogen and oxygen atoms in total. The maximum atomic E-state index is 5.75. The van der Waals surface area contributed by atoms with Crippen LogP contribution in [-0.4, -0.2) is 29.4 Å². The molecule has 1 N–H and O–H groups in total. The molecule has 0 radical (unpaired) electrons. The standard InChI is InChI=1S/C16H21N3OS/c1-12-3-2-4-14(11-12)20-10-8-16-19-18-15(21-16)7-9-17-13-5-6-13/h2-4,11,13,17H,5-10H2,1H3. The predicted octanol–water partition coefficient (Wildman–Crippen LogP) is 2.76. The van der Waals surface area contributed by atoms with Gasteiger partial charge in [-0.05, 0) is 37.5 Å². The molecule has 0 aliphatic heterocycles. The summed E-state index contributed by atoms with van der Waals surface area (Å²) in [6, 6.07) is 8.89. The molecular formula is C16H21N3OS. The van der Waals surface area contributed by atoms with E-state index < -0.39 is 0 Å². The molecule has 1 aromatic carbocycles. The van der Waals surface area contributed by atoms with Crippen molar-refractivity contribution in [3.05, 3.63) is 39.8 Å². The van der Waals surface area contributed by atoms with Crippen molar-refractivity contribution in [3.8, 4) is 5.75 Å². The maximum Gasteiger partial charge on any atom is 0.120 e. The zero-order valence-electron chi connectivity index (χ0n) is 12.3. The normalized spacial score (nSPS) is 14.3. The number of hydrogen-bond acceptors (Lipinski definition) is 5. The molecule has 1 fully saturated rings. The van der Waals surface area contributed by atoms with Crippen molar-refractivity contribution in [2.75, 3.05) is 13.2 Å². The first-order valence-electron chi connectivity index (χ1n) is 7.54. The number of nitrogens with zero attached hydrogens (tertiary/aromatic N) is 2. The minimum atomic E-state index is 0.651. The molecule has 0 saturated heterocycles. The van der Waals surface area contributed by atoms with Crippen LogP contribution in [0.1, 0.15) is 28.4 Å². The lowest BCUT2D eigenvalue weighted by Crippen LogP contribution is -2.19. The minimum absolute atomic E-state index is 0.651. The second-order valence-corrected chi connectivity index (χ2v) is 6.63. The molecule has 112 valence electrons. The van der Waals surface area contributed by atoms with Gasteiger partial charge in [0, 0.05) is 25.4 Å². The highest BCUT2D eigenvalue weighted by molar-refractivity contribution is 7.11. The quantitative estimate of drug-likeness (QED) is 0.814. The molecule has 1 aliphatic carbocycles. The van der Waals surface area contributed by atoms with Crippen LogP contribution >= 0.6 is 11.3 Å². The van der Waals surface area contributed by atoms with E-state index in [1.54, 1.807) is 11.3 Å². The number of nitrogens with one attached hydrogen (secondary N) is 1. The zero-order chi connectivity index (χ0) is 14.5. The van der Waals surface area contributed by atoms with Gasteiger partial charge < -0.3 is 10.1 Å². The smallest absolute Gasteiger partial charge is 0.120 e. The van der Waals surface area contributed by atoms with E-state index in [9.17, 15) is 0 Å². The molecule has 1 aromatic heterocycles. The monoisotopic (exact) mass is 303 g/mol. The van der Waals surface area contributed by atoms with Gasteiger partial charge in [-0.3, -0.25) is 0 Å². The lowest BCUT2D eigenvalue weighted by atomic mass is 10.2. The fourth-order valence-corrected chi connectivity index (χ4v) is 2.95. The summed E-state index contributed by atoms with van der Waals surface area (Å²) in [6.07, 6.45) is 4.46. The van der Waals surface area contributed by atoms with Crippen molar-refractivity contribution in [1.82, 2.24) is 15.5 Å². The molecule has 0 unspecified atom stereocenters. The van der Waals surface area contributed by atoms with Crippen LogP contribution in [0.5, 0.6) is 5.75 Å². The second-order valence-electron chi connectivity index (χ2n) is 5.48. The minimum Gasteiger partial charge on any atom is -0.493 e. The summed E-state index contributed by atoms with van der Waals surface area (Å²) in [6.45, 7) is 3.73. The van der Waals surface area contributed by atoms with Crippen LogP contribution in [-0.2, 0) is 12.8 Å². The van der Waals surface area contributed by atoms with E-state index >= 15 is 0 Å². The van der Waals surface area contributed by atoms with Crippen molar-refractivity contribution in [1.29, 1.82) is 0 Å². The van der Waals surface area contributed by atoms with Crippen molar-refractivity contribution >= 4 is 11.3 Å². The van der Waals surface area contributed by atoms with Gasteiger partial charge in [0.25, 0.3) is 0 Å². The highest BCUT2D eigenvalue weighted by Crippen LogP contribution is 2.19. The lowest BCUT2D eigenvalue weighted by Gasteiger charge is -2.04. The molecule has 1 aliphatic rings. The Labute approximate surface area is 129 Å². The summed E-state index contributed by atoms with van der Waals surface area (Å²) in [5.41, 5.74) is 1.22. The van der Waals surface area contributed by atoms with Gasteiger partial charge in [-0.25, -0.2) is 0 Å². The Bertz CT molecular complexity index is 580. The Morgan fingerprint density at radius 3 is 2.81 bits per heavy atom. The first kappa shape index (κ1) is 14.5. The molecule has 0 atom stereocenters. The van der Waals surface area contributed by atoms with Crippen molar-refractivity contribution in [2.24, 2.45) is 0 Å². The molecule has 5 heteroatoms. The largest absolute Gasteiger partial charge is 0.493 e. The van der Waals surface area contributed by atoms with Crippen LogP contribution in [0.25, 0.3) is 0 Å². The topological polar surface area (TPSA) is 47.0 Å². The highest BCUT2D eigenvalue weighted by atomic mass is 32.1. The van der Waals surface area contributed by atoms with Crippen LogP contribution in [0.2, 0.25) is 0 Å². The molecule has 3 rings (SSSR count). The Morgan fingerprint density at radius 1 is 1.24 bits per heavy atom. The molecule has 1 heterocycles. The summed E-state index contributed by atoms with van der Waals surface area (Å²) in [4.78, 5) is 0. The van der Waals surface area contributed by atoms with Crippen LogP contribution in [0.15, 0.2) is 24.3 Å². The molecule has 0 bridgehead atoms. The predicted molar refractivity (Wildman–Crippen MR) is 85.0 cm³/mol. The van der Waals surface area contributed by atoms with Gasteiger partial charge in [0.1, 0.15) is 15.8 Å². The number of benzene rings is 1. The average Bonchev–Trinajstić information content (AvgIpc) is 3.18. The number of aromatic nitrogens is 2. The number of hydrogen-bond donors (Lipinski definition) is 1. The van der Waals surface area contributed by atoms with Crippen molar-refractivity contribution in [2.45, 2.75) is 38.6 Å².